The Balaban J connectivity index is 2.31. The molecule has 0 spiro atoms. The monoisotopic (exact) mass is 371 g/mol. The number of nitrogens with two attached hydrogens (primary N) is 3. The van der Waals surface area contributed by atoms with Crippen molar-refractivity contribution in [3.8, 4) is 0 Å². The highest BCUT2D eigenvalue weighted by molar-refractivity contribution is 5.91. The molecule has 0 aromatic carbocycles. The second-order valence-electron chi connectivity index (χ2n) is 6.75. The first kappa shape index (κ1) is 20.2. The van der Waals surface area contributed by atoms with Crippen molar-refractivity contribution in [3.05, 3.63) is 11.9 Å². The molecule has 2 rings (SSSR count). The standard InChI is InChI=1S/C15H29N7O4/c1-9-8-19-11(22(9)18)10-6-5-7-21(10)12(23)15(17,14(2,16)26-4)20-13(24)25-3/h8,10-11,19H,5-7,16-18H2,1-4H3,(H,20,24)/t10-,11?,14-,15+/m0/s1. The largest absolute Gasteiger partial charge is 0.453 e. The summed E-state index contributed by atoms with van der Waals surface area (Å²) >= 11 is 0. The van der Waals surface area contributed by atoms with E-state index in [2.05, 4.69) is 15.4 Å². The second-order valence-corrected chi connectivity index (χ2v) is 6.75. The van der Waals surface area contributed by atoms with Crippen LogP contribution in [0.3, 0.4) is 0 Å². The Morgan fingerprint density at radius 1 is 1.38 bits per heavy atom. The lowest BCUT2D eigenvalue weighted by Gasteiger charge is -2.44. The third-order valence-electron chi connectivity index (χ3n) is 5.12. The van der Waals surface area contributed by atoms with Crippen molar-refractivity contribution in [3.63, 3.8) is 0 Å². The van der Waals surface area contributed by atoms with E-state index in [0.29, 0.717) is 6.54 Å². The van der Waals surface area contributed by atoms with Crippen LogP contribution in [0.25, 0.3) is 0 Å². The van der Waals surface area contributed by atoms with Crippen molar-refractivity contribution in [2.24, 2.45) is 17.3 Å². The average molecular weight is 371 g/mol. The normalized spacial score (nSPS) is 27.3. The van der Waals surface area contributed by atoms with Crippen LogP contribution in [-0.4, -0.2) is 66.3 Å². The van der Waals surface area contributed by atoms with Gasteiger partial charge in [0.1, 0.15) is 6.17 Å². The lowest BCUT2D eigenvalue weighted by atomic mass is 9.96. The number of hydrogen-bond donors (Lipinski definition) is 5. The minimum atomic E-state index is -2.03. The summed E-state index contributed by atoms with van der Waals surface area (Å²) < 4.78 is 9.80. The summed E-state index contributed by atoms with van der Waals surface area (Å²) in [6.45, 7) is 3.73. The zero-order chi connectivity index (χ0) is 19.7. The molecule has 2 heterocycles. The number of alkyl carbamates (subject to hydrolysis) is 1. The van der Waals surface area contributed by atoms with Gasteiger partial charge in [0, 0.05) is 25.6 Å². The van der Waals surface area contributed by atoms with Crippen LogP contribution in [0.2, 0.25) is 0 Å². The number of nitrogens with one attached hydrogen (secondary N) is 2. The number of allylic oxidation sites excluding steroid dienone is 1. The SMILES string of the molecule is COC(=O)N[C@](N)(C(=O)N1CCC[C@H]1C1NC=C(C)N1N)[C@@](C)(N)OC. The maximum absolute atomic E-state index is 13.3. The Labute approximate surface area is 152 Å². The van der Waals surface area contributed by atoms with Crippen molar-refractivity contribution >= 4 is 12.0 Å². The van der Waals surface area contributed by atoms with E-state index >= 15 is 0 Å². The van der Waals surface area contributed by atoms with Crippen LogP contribution in [-0.2, 0) is 14.3 Å². The van der Waals surface area contributed by atoms with Gasteiger partial charge in [-0.2, -0.15) is 0 Å². The molecule has 11 nitrogen and oxygen atoms in total. The van der Waals surface area contributed by atoms with Gasteiger partial charge in [0.25, 0.3) is 5.91 Å². The molecule has 0 radical (unpaired) electrons. The van der Waals surface area contributed by atoms with Crippen LogP contribution in [0.15, 0.2) is 11.9 Å². The number of hydrazine groups is 1. The quantitative estimate of drug-likeness (QED) is 0.279. The Bertz CT molecular complexity index is 597. The first-order chi connectivity index (χ1) is 12.1. The number of amides is 2. The predicted octanol–water partition coefficient (Wildman–Crippen LogP) is -1.72. The molecule has 2 amide bonds. The van der Waals surface area contributed by atoms with Crippen molar-refractivity contribution in [1.82, 2.24) is 20.5 Å². The Morgan fingerprint density at radius 2 is 2.04 bits per heavy atom. The molecule has 8 N–H and O–H groups in total. The molecule has 0 saturated carbocycles. The van der Waals surface area contributed by atoms with E-state index in [9.17, 15) is 9.59 Å². The van der Waals surface area contributed by atoms with Crippen LogP contribution in [0.1, 0.15) is 26.7 Å². The van der Waals surface area contributed by atoms with E-state index in [1.807, 2.05) is 6.92 Å². The van der Waals surface area contributed by atoms with Crippen molar-refractivity contribution in [1.29, 1.82) is 0 Å². The zero-order valence-electron chi connectivity index (χ0n) is 15.6. The van der Waals surface area contributed by atoms with Gasteiger partial charge in [0.05, 0.1) is 13.2 Å². The topological polar surface area (TPSA) is 161 Å². The summed E-state index contributed by atoms with van der Waals surface area (Å²) in [5, 5.41) is 7.08. The fourth-order valence-electron chi connectivity index (χ4n) is 3.24. The summed E-state index contributed by atoms with van der Waals surface area (Å²) in [6, 6.07) is -0.253. The summed E-state index contributed by atoms with van der Waals surface area (Å²) in [5.74, 6) is 5.51. The molecule has 148 valence electrons. The third-order valence-corrected chi connectivity index (χ3v) is 5.12. The van der Waals surface area contributed by atoms with Crippen LogP contribution in [0, 0.1) is 0 Å². The lowest BCUT2D eigenvalue weighted by molar-refractivity contribution is -0.155. The molecule has 0 aromatic heterocycles. The number of rotatable bonds is 5. The second kappa shape index (κ2) is 7.27. The van der Waals surface area contributed by atoms with Gasteiger partial charge >= 0.3 is 6.09 Å². The Kier molecular flexibility index (Phi) is 5.66. The third kappa shape index (κ3) is 3.30. The number of likely N-dealkylation sites (tertiary alicyclic amines) is 1. The summed E-state index contributed by atoms with van der Waals surface area (Å²) in [4.78, 5) is 26.7. The molecule has 4 atom stereocenters. The van der Waals surface area contributed by atoms with Gasteiger partial charge in [0.15, 0.2) is 5.72 Å². The van der Waals surface area contributed by atoms with Gasteiger partial charge < -0.3 is 25.4 Å². The average Bonchev–Trinajstić information content (AvgIpc) is 3.21. The van der Waals surface area contributed by atoms with Crippen LogP contribution in [0.4, 0.5) is 4.79 Å². The number of methoxy groups -OCH3 is 2. The van der Waals surface area contributed by atoms with Crippen LogP contribution < -0.4 is 27.9 Å². The molecule has 1 unspecified atom stereocenters. The fraction of sp³-hybridized carbons (Fsp3) is 0.733. The van der Waals surface area contributed by atoms with Gasteiger partial charge in [-0.25, -0.2) is 10.6 Å². The summed E-state index contributed by atoms with van der Waals surface area (Å²) in [5.41, 5.74) is 9.51. The summed E-state index contributed by atoms with van der Waals surface area (Å²) in [7, 11) is 2.48. The van der Waals surface area contributed by atoms with Crippen molar-refractivity contribution in [2.45, 2.75) is 50.3 Å². The molecular formula is C15H29N7O4. The molecule has 1 fully saturated rings. The van der Waals surface area contributed by atoms with E-state index in [4.69, 9.17) is 22.0 Å². The molecule has 26 heavy (non-hydrogen) atoms. The maximum atomic E-state index is 13.3. The zero-order valence-corrected chi connectivity index (χ0v) is 15.6. The number of carbonyl (C=O) groups is 2. The number of ether oxygens (including phenoxy) is 2. The smallest absolute Gasteiger partial charge is 0.408 e. The van der Waals surface area contributed by atoms with E-state index in [-0.39, 0.29) is 12.2 Å². The van der Waals surface area contributed by atoms with E-state index < -0.39 is 23.4 Å². The van der Waals surface area contributed by atoms with E-state index in [0.717, 1.165) is 18.5 Å². The van der Waals surface area contributed by atoms with Gasteiger partial charge in [0.2, 0.25) is 5.66 Å². The first-order valence-electron chi connectivity index (χ1n) is 8.36. The molecule has 2 aliphatic rings. The Hall–Kier alpha value is -2.08. The molecule has 0 aliphatic carbocycles. The highest BCUT2D eigenvalue weighted by Crippen LogP contribution is 2.29. The predicted molar refractivity (Wildman–Crippen MR) is 93.5 cm³/mol. The lowest BCUT2D eigenvalue weighted by Crippen LogP contribution is -2.80. The van der Waals surface area contributed by atoms with Gasteiger partial charge in [-0.05, 0) is 26.7 Å². The fourth-order valence-corrected chi connectivity index (χ4v) is 3.24. The van der Waals surface area contributed by atoms with Gasteiger partial charge in [-0.3, -0.25) is 20.9 Å². The molecular weight excluding hydrogens is 342 g/mol. The van der Waals surface area contributed by atoms with Crippen LogP contribution >= 0.6 is 0 Å². The van der Waals surface area contributed by atoms with E-state index in [1.165, 1.54) is 21.1 Å². The van der Waals surface area contributed by atoms with Crippen molar-refractivity contribution < 1.29 is 19.1 Å². The van der Waals surface area contributed by atoms with Gasteiger partial charge in [-0.15, -0.1) is 0 Å². The molecule has 1 saturated heterocycles. The number of carbonyl (C=O) groups excluding carboxylic acids is 2. The number of nitrogens with zero attached hydrogens (tertiary/aromatic N) is 2. The highest BCUT2D eigenvalue weighted by atomic mass is 16.5. The molecule has 0 aromatic rings. The van der Waals surface area contributed by atoms with Crippen molar-refractivity contribution in [2.75, 3.05) is 20.8 Å². The van der Waals surface area contributed by atoms with Gasteiger partial charge in [-0.1, -0.05) is 0 Å². The number of hydrogen-bond acceptors (Lipinski definition) is 9. The molecule has 0 bridgehead atoms. The molecule has 2 aliphatic heterocycles. The highest BCUT2D eigenvalue weighted by Gasteiger charge is 2.55. The van der Waals surface area contributed by atoms with Crippen LogP contribution in [0.5, 0.6) is 0 Å². The van der Waals surface area contributed by atoms with E-state index in [1.54, 1.807) is 16.1 Å². The summed E-state index contributed by atoms with van der Waals surface area (Å²) in [6.07, 6.45) is 2.10. The minimum Gasteiger partial charge on any atom is -0.453 e. The molecule has 11 heteroatoms. The minimum absolute atomic E-state index is 0.253. The first-order valence-corrected chi connectivity index (χ1v) is 8.36. The Morgan fingerprint density at radius 3 is 2.54 bits per heavy atom. The maximum Gasteiger partial charge on any atom is 0.408 e.